The molecule has 0 bridgehead atoms. The SMILES string of the molecule is CC(C)C[C@@H](CS(=O)(=O)F)NC(=O)[C@H](CC(C)C)NC(=O)[C@H](CC(C)C)NC(=O)C(Cc1ccccc1)N=[N+]=[N-]. The molecule has 0 spiro atoms. The molecule has 0 saturated carbocycles. The third-order valence-corrected chi connectivity index (χ3v) is 6.75. The first kappa shape index (κ1) is 34.8. The Morgan fingerprint density at radius 3 is 1.75 bits per heavy atom. The number of hydrogen-bond donors (Lipinski definition) is 3. The van der Waals surface area contributed by atoms with E-state index in [0.29, 0.717) is 0 Å². The predicted molar refractivity (Wildman–Crippen MR) is 152 cm³/mol. The molecule has 0 saturated heterocycles. The van der Waals surface area contributed by atoms with Crippen LogP contribution in [0.5, 0.6) is 0 Å². The molecule has 1 aromatic rings. The Kier molecular flexibility index (Phi) is 14.6. The van der Waals surface area contributed by atoms with Crippen LogP contribution < -0.4 is 16.0 Å². The number of carbonyl (C=O) groups excluding carboxylic acids is 3. The lowest BCUT2D eigenvalue weighted by Crippen LogP contribution is -2.56. The van der Waals surface area contributed by atoms with Crippen LogP contribution in [-0.4, -0.2) is 56.1 Å². The van der Waals surface area contributed by atoms with E-state index in [1.165, 1.54) is 0 Å². The summed E-state index contributed by atoms with van der Waals surface area (Å²) in [4.78, 5) is 42.4. The van der Waals surface area contributed by atoms with Crippen molar-refractivity contribution in [3.8, 4) is 0 Å². The second kappa shape index (κ2) is 16.8. The Labute approximate surface area is 236 Å². The molecule has 1 rings (SSSR count). The first-order valence-electron chi connectivity index (χ1n) is 13.5. The summed E-state index contributed by atoms with van der Waals surface area (Å²) in [5.41, 5.74) is 9.78. The highest BCUT2D eigenvalue weighted by molar-refractivity contribution is 7.86. The van der Waals surface area contributed by atoms with Gasteiger partial charge in [-0.2, -0.15) is 8.42 Å². The molecule has 1 unspecified atom stereocenters. The number of halogens is 1. The Balaban J connectivity index is 3.12. The van der Waals surface area contributed by atoms with Crippen molar-refractivity contribution in [1.29, 1.82) is 0 Å². The Morgan fingerprint density at radius 1 is 0.825 bits per heavy atom. The van der Waals surface area contributed by atoms with Gasteiger partial charge in [-0.1, -0.05) is 77.0 Å². The van der Waals surface area contributed by atoms with Crippen LogP contribution in [0.3, 0.4) is 0 Å². The summed E-state index contributed by atoms with van der Waals surface area (Å²) in [5.74, 6) is -2.79. The number of carbonyl (C=O) groups is 3. The van der Waals surface area contributed by atoms with E-state index in [9.17, 15) is 26.7 Å². The maximum atomic E-state index is 13.4. The molecule has 13 heteroatoms. The van der Waals surface area contributed by atoms with E-state index in [1.54, 1.807) is 24.3 Å². The van der Waals surface area contributed by atoms with E-state index in [0.717, 1.165) is 5.56 Å². The number of nitrogens with one attached hydrogen (secondary N) is 3. The second-order valence-electron chi connectivity index (χ2n) is 11.3. The van der Waals surface area contributed by atoms with E-state index >= 15 is 0 Å². The summed E-state index contributed by atoms with van der Waals surface area (Å²) < 4.78 is 36.0. The standard InChI is InChI=1S/C27H43FN6O5S/c1-17(2)12-21(16-40(28,38)39)30-25(35)22(13-18(3)4)31-26(36)23(14-19(5)6)32-27(37)24(33-34-29)15-20-10-8-7-9-11-20/h7-11,17-19,21-24H,12-16H2,1-6H3,(H,30,35)(H,31,36)(H,32,37)/t21-,22-,23-,24?/m0/s1. The molecule has 0 heterocycles. The molecule has 0 fully saturated rings. The molecule has 0 aromatic heterocycles. The van der Waals surface area contributed by atoms with Crippen molar-refractivity contribution >= 4 is 27.9 Å². The molecule has 11 nitrogen and oxygen atoms in total. The lowest BCUT2D eigenvalue weighted by Gasteiger charge is -2.27. The zero-order valence-corrected chi connectivity index (χ0v) is 24.9. The van der Waals surface area contributed by atoms with Crippen molar-refractivity contribution in [1.82, 2.24) is 16.0 Å². The van der Waals surface area contributed by atoms with Crippen LogP contribution >= 0.6 is 0 Å². The van der Waals surface area contributed by atoms with Crippen LogP contribution in [0.4, 0.5) is 3.89 Å². The highest BCUT2D eigenvalue weighted by Gasteiger charge is 2.31. The summed E-state index contributed by atoms with van der Waals surface area (Å²) in [7, 11) is -4.85. The smallest absolute Gasteiger partial charge is 0.304 e. The molecule has 40 heavy (non-hydrogen) atoms. The fraction of sp³-hybridized carbons (Fsp3) is 0.667. The van der Waals surface area contributed by atoms with E-state index < -0.39 is 57.9 Å². The summed E-state index contributed by atoms with van der Waals surface area (Å²) in [5, 5.41) is 11.6. The maximum absolute atomic E-state index is 13.4. The summed E-state index contributed by atoms with van der Waals surface area (Å²) in [6.07, 6.45) is 0.843. The van der Waals surface area contributed by atoms with E-state index in [1.807, 2.05) is 47.6 Å². The van der Waals surface area contributed by atoms with Gasteiger partial charge in [-0.25, -0.2) is 0 Å². The zero-order chi connectivity index (χ0) is 30.5. The minimum Gasteiger partial charge on any atom is -0.350 e. The molecular weight excluding hydrogens is 539 g/mol. The fourth-order valence-electron chi connectivity index (χ4n) is 4.31. The van der Waals surface area contributed by atoms with Crippen molar-refractivity contribution in [2.24, 2.45) is 22.9 Å². The van der Waals surface area contributed by atoms with Gasteiger partial charge in [0.25, 0.3) is 0 Å². The van der Waals surface area contributed by atoms with Gasteiger partial charge in [-0.05, 0) is 54.5 Å². The number of nitrogens with zero attached hydrogens (tertiary/aromatic N) is 3. The van der Waals surface area contributed by atoms with Crippen molar-refractivity contribution < 1.29 is 26.7 Å². The number of amides is 3. The summed E-state index contributed by atoms with van der Waals surface area (Å²) in [6.45, 7) is 11.1. The van der Waals surface area contributed by atoms with Gasteiger partial charge >= 0.3 is 10.2 Å². The maximum Gasteiger partial charge on any atom is 0.304 e. The lowest BCUT2D eigenvalue weighted by molar-refractivity contribution is -0.133. The van der Waals surface area contributed by atoms with Gasteiger partial charge in [0.05, 0.1) is 0 Å². The predicted octanol–water partition coefficient (Wildman–Crippen LogP) is 3.80. The van der Waals surface area contributed by atoms with Crippen molar-refractivity contribution in [2.45, 2.75) is 91.4 Å². The van der Waals surface area contributed by atoms with Crippen molar-refractivity contribution in [3.63, 3.8) is 0 Å². The first-order valence-corrected chi connectivity index (χ1v) is 15.1. The topological polar surface area (TPSA) is 170 Å². The van der Waals surface area contributed by atoms with Gasteiger partial charge in [0.1, 0.15) is 23.9 Å². The van der Waals surface area contributed by atoms with E-state index in [-0.39, 0.29) is 43.4 Å². The van der Waals surface area contributed by atoms with Crippen LogP contribution in [0, 0.1) is 17.8 Å². The highest BCUT2D eigenvalue weighted by atomic mass is 32.3. The molecule has 0 aliphatic rings. The first-order chi connectivity index (χ1) is 18.6. The van der Waals surface area contributed by atoms with E-state index in [4.69, 9.17) is 5.53 Å². The minimum atomic E-state index is -4.85. The highest BCUT2D eigenvalue weighted by Crippen LogP contribution is 2.13. The molecule has 224 valence electrons. The number of rotatable bonds is 17. The number of azide groups is 1. The molecule has 0 radical (unpaired) electrons. The normalized spacial score (nSPS) is 14.7. The van der Waals surface area contributed by atoms with Crippen molar-refractivity contribution in [2.75, 3.05) is 5.75 Å². The average molecular weight is 583 g/mol. The zero-order valence-electron chi connectivity index (χ0n) is 24.1. The van der Waals surface area contributed by atoms with Gasteiger partial charge in [0.2, 0.25) is 17.7 Å². The van der Waals surface area contributed by atoms with Crippen LogP contribution in [0.15, 0.2) is 35.4 Å². The number of benzene rings is 1. The van der Waals surface area contributed by atoms with E-state index in [2.05, 4.69) is 26.0 Å². The van der Waals surface area contributed by atoms with Gasteiger partial charge in [-0.3, -0.25) is 14.4 Å². The molecule has 1 aromatic carbocycles. The molecule has 4 atom stereocenters. The van der Waals surface area contributed by atoms with Crippen molar-refractivity contribution in [3.05, 3.63) is 46.3 Å². The lowest BCUT2D eigenvalue weighted by atomic mass is 9.98. The fourth-order valence-corrected chi connectivity index (χ4v) is 5.01. The largest absolute Gasteiger partial charge is 0.350 e. The summed E-state index contributed by atoms with van der Waals surface area (Å²) in [6, 6.07) is 4.86. The third-order valence-electron chi connectivity index (χ3n) is 5.95. The van der Waals surface area contributed by atoms with Crippen LogP contribution in [0.25, 0.3) is 10.4 Å². The van der Waals surface area contributed by atoms with Crippen LogP contribution in [0.1, 0.15) is 66.4 Å². The second-order valence-corrected chi connectivity index (χ2v) is 12.7. The van der Waals surface area contributed by atoms with Gasteiger partial charge in [0.15, 0.2) is 0 Å². The Bertz CT molecular complexity index is 1120. The average Bonchev–Trinajstić information content (AvgIpc) is 2.81. The molecular formula is C27H43FN6O5S. The number of hydrogen-bond acceptors (Lipinski definition) is 6. The van der Waals surface area contributed by atoms with Crippen LogP contribution in [-0.2, 0) is 31.0 Å². The van der Waals surface area contributed by atoms with Crippen LogP contribution in [0.2, 0.25) is 0 Å². The molecule has 0 aliphatic heterocycles. The third kappa shape index (κ3) is 14.3. The molecule has 3 amide bonds. The monoisotopic (exact) mass is 582 g/mol. The van der Waals surface area contributed by atoms with Gasteiger partial charge < -0.3 is 16.0 Å². The molecule has 0 aliphatic carbocycles. The van der Waals surface area contributed by atoms with Gasteiger partial charge in [-0.15, -0.1) is 3.89 Å². The Hall–Kier alpha value is -3.18. The summed E-state index contributed by atoms with van der Waals surface area (Å²) >= 11 is 0. The quantitative estimate of drug-likeness (QED) is 0.110. The Morgan fingerprint density at radius 2 is 1.30 bits per heavy atom. The molecule has 3 N–H and O–H groups in total. The van der Waals surface area contributed by atoms with Gasteiger partial charge in [0, 0.05) is 11.0 Å². The minimum absolute atomic E-state index is 0.00866.